The van der Waals surface area contributed by atoms with Gasteiger partial charge in [0.2, 0.25) is 5.91 Å². The predicted molar refractivity (Wildman–Crippen MR) is 60.2 cm³/mol. The van der Waals surface area contributed by atoms with Gasteiger partial charge in [-0.05, 0) is 12.5 Å². The fourth-order valence-electron chi connectivity index (χ4n) is 1.08. The van der Waals surface area contributed by atoms with Gasteiger partial charge < -0.3 is 5.11 Å². The summed E-state index contributed by atoms with van der Waals surface area (Å²) in [5.74, 6) is -0.790. The zero-order valence-electron chi connectivity index (χ0n) is 9.51. The predicted octanol–water partition coefficient (Wildman–Crippen LogP) is 1.25. The molecule has 16 heavy (non-hydrogen) atoms. The molecule has 0 heterocycles. The van der Waals surface area contributed by atoms with Gasteiger partial charge in [0.05, 0.1) is 18.6 Å². The molecule has 0 bridgehead atoms. The third-order valence-electron chi connectivity index (χ3n) is 2.39. The Bertz CT molecular complexity index is 324. The molecule has 0 aliphatic carbocycles. The first-order chi connectivity index (χ1) is 7.61. The summed E-state index contributed by atoms with van der Waals surface area (Å²) in [5.41, 5.74) is 3.29. The van der Waals surface area contributed by atoms with Crippen LogP contribution < -0.4 is 5.48 Å². The molecule has 0 saturated carbocycles. The van der Waals surface area contributed by atoms with Gasteiger partial charge in [0.1, 0.15) is 0 Å². The van der Waals surface area contributed by atoms with E-state index in [1.807, 2.05) is 30.3 Å². The summed E-state index contributed by atoms with van der Waals surface area (Å²) in [4.78, 5) is 16.4. The second-order valence-corrected chi connectivity index (χ2v) is 3.77. The third-order valence-corrected chi connectivity index (χ3v) is 2.39. The van der Waals surface area contributed by atoms with Gasteiger partial charge in [0.15, 0.2) is 0 Å². The third kappa shape index (κ3) is 4.00. The highest BCUT2D eigenvalue weighted by molar-refractivity contribution is 5.77. The standard InChI is InChI=1S/C12H17NO3/c1-9(10(2)14)12(15)13-16-8-11-6-4-3-5-7-11/h3-7,9-10,14H,8H2,1-2H3,(H,13,15)/t9-,10-/m0/s1. The van der Waals surface area contributed by atoms with Crippen molar-refractivity contribution in [2.24, 2.45) is 5.92 Å². The van der Waals surface area contributed by atoms with Crippen LogP contribution in [0.25, 0.3) is 0 Å². The molecule has 1 aromatic rings. The maximum Gasteiger partial charge on any atom is 0.248 e. The molecule has 0 aliphatic heterocycles. The van der Waals surface area contributed by atoms with Gasteiger partial charge in [0.25, 0.3) is 0 Å². The highest BCUT2D eigenvalue weighted by Crippen LogP contribution is 2.03. The number of nitrogens with one attached hydrogen (secondary N) is 1. The largest absolute Gasteiger partial charge is 0.393 e. The summed E-state index contributed by atoms with van der Waals surface area (Å²) in [6.45, 7) is 3.53. The van der Waals surface area contributed by atoms with Crippen LogP contribution in [0, 0.1) is 5.92 Å². The molecule has 1 rings (SSSR count). The van der Waals surface area contributed by atoms with Crippen LogP contribution in [0.5, 0.6) is 0 Å². The van der Waals surface area contributed by atoms with Gasteiger partial charge in [0, 0.05) is 0 Å². The fourth-order valence-corrected chi connectivity index (χ4v) is 1.08. The molecule has 4 heteroatoms. The number of rotatable bonds is 5. The molecule has 0 fully saturated rings. The molecule has 0 radical (unpaired) electrons. The van der Waals surface area contributed by atoms with E-state index in [0.29, 0.717) is 6.61 Å². The lowest BCUT2D eigenvalue weighted by Crippen LogP contribution is -2.34. The molecule has 88 valence electrons. The summed E-state index contributed by atoms with van der Waals surface area (Å²) in [5, 5.41) is 9.19. The van der Waals surface area contributed by atoms with E-state index in [-0.39, 0.29) is 5.91 Å². The summed E-state index contributed by atoms with van der Waals surface area (Å²) >= 11 is 0. The quantitative estimate of drug-likeness (QED) is 0.739. The molecule has 0 unspecified atom stereocenters. The van der Waals surface area contributed by atoms with Crippen molar-refractivity contribution in [2.45, 2.75) is 26.6 Å². The number of carbonyl (C=O) groups excluding carboxylic acids is 1. The summed E-state index contributed by atoms with van der Waals surface area (Å²) in [6.07, 6.45) is -0.680. The Kier molecular flexibility index (Phi) is 4.95. The number of benzene rings is 1. The van der Waals surface area contributed by atoms with Crippen LogP contribution >= 0.6 is 0 Å². The maximum absolute atomic E-state index is 11.4. The van der Waals surface area contributed by atoms with Gasteiger partial charge in [-0.25, -0.2) is 5.48 Å². The molecule has 0 spiro atoms. The number of amides is 1. The van der Waals surface area contributed by atoms with Crippen molar-refractivity contribution in [2.75, 3.05) is 0 Å². The number of hydrogen-bond acceptors (Lipinski definition) is 3. The Hall–Kier alpha value is -1.39. The Labute approximate surface area is 95.2 Å². The lowest BCUT2D eigenvalue weighted by Gasteiger charge is -2.14. The topological polar surface area (TPSA) is 58.6 Å². The van der Waals surface area contributed by atoms with Crippen molar-refractivity contribution in [3.63, 3.8) is 0 Å². The second-order valence-electron chi connectivity index (χ2n) is 3.77. The van der Waals surface area contributed by atoms with E-state index in [1.54, 1.807) is 13.8 Å². The van der Waals surface area contributed by atoms with Gasteiger partial charge in [-0.3, -0.25) is 9.63 Å². The lowest BCUT2D eigenvalue weighted by molar-refractivity contribution is -0.141. The highest BCUT2D eigenvalue weighted by atomic mass is 16.6. The Morgan fingerprint density at radius 1 is 1.38 bits per heavy atom. The molecule has 2 N–H and O–H groups in total. The molecule has 0 aromatic heterocycles. The first kappa shape index (κ1) is 12.7. The number of aliphatic hydroxyl groups is 1. The molecule has 0 aliphatic rings. The van der Waals surface area contributed by atoms with E-state index in [0.717, 1.165) is 5.56 Å². The van der Waals surface area contributed by atoms with E-state index in [1.165, 1.54) is 0 Å². The van der Waals surface area contributed by atoms with Crippen LogP contribution in [0.1, 0.15) is 19.4 Å². The van der Waals surface area contributed by atoms with Crippen LogP contribution in [0.4, 0.5) is 0 Å². The number of carbonyl (C=O) groups is 1. The van der Waals surface area contributed by atoms with Crippen LogP contribution in [-0.4, -0.2) is 17.1 Å². The van der Waals surface area contributed by atoms with E-state index in [2.05, 4.69) is 5.48 Å². The van der Waals surface area contributed by atoms with Crippen LogP contribution in [-0.2, 0) is 16.2 Å². The van der Waals surface area contributed by atoms with Crippen molar-refractivity contribution >= 4 is 5.91 Å². The minimum Gasteiger partial charge on any atom is -0.393 e. The Morgan fingerprint density at radius 2 is 2.00 bits per heavy atom. The van der Waals surface area contributed by atoms with E-state index < -0.39 is 12.0 Å². The van der Waals surface area contributed by atoms with Gasteiger partial charge >= 0.3 is 0 Å². The summed E-state index contributed by atoms with van der Waals surface area (Å²) in [6, 6.07) is 9.53. The van der Waals surface area contributed by atoms with Crippen LogP contribution in [0.3, 0.4) is 0 Å². The van der Waals surface area contributed by atoms with Gasteiger partial charge in [-0.2, -0.15) is 0 Å². The first-order valence-electron chi connectivity index (χ1n) is 5.25. The van der Waals surface area contributed by atoms with Crippen molar-refractivity contribution in [3.05, 3.63) is 35.9 Å². The number of aliphatic hydroxyl groups excluding tert-OH is 1. The van der Waals surface area contributed by atoms with Gasteiger partial charge in [-0.15, -0.1) is 0 Å². The monoisotopic (exact) mass is 223 g/mol. The van der Waals surface area contributed by atoms with E-state index in [9.17, 15) is 9.90 Å². The minimum absolute atomic E-state index is 0.314. The maximum atomic E-state index is 11.4. The molecular formula is C12H17NO3. The molecule has 1 aromatic carbocycles. The summed E-state index contributed by atoms with van der Waals surface area (Å²) in [7, 11) is 0. The van der Waals surface area contributed by atoms with Crippen molar-refractivity contribution in [3.8, 4) is 0 Å². The summed E-state index contributed by atoms with van der Waals surface area (Å²) < 4.78 is 0. The molecule has 1 amide bonds. The smallest absolute Gasteiger partial charge is 0.248 e. The highest BCUT2D eigenvalue weighted by Gasteiger charge is 2.17. The molecule has 0 saturated heterocycles. The van der Waals surface area contributed by atoms with Gasteiger partial charge in [-0.1, -0.05) is 37.3 Å². The molecule has 2 atom stereocenters. The fraction of sp³-hybridized carbons (Fsp3) is 0.417. The zero-order valence-corrected chi connectivity index (χ0v) is 9.51. The molecular weight excluding hydrogens is 206 g/mol. The number of hydrogen-bond donors (Lipinski definition) is 2. The average molecular weight is 223 g/mol. The zero-order chi connectivity index (χ0) is 12.0. The van der Waals surface area contributed by atoms with Crippen LogP contribution in [0.2, 0.25) is 0 Å². The van der Waals surface area contributed by atoms with Crippen molar-refractivity contribution in [1.82, 2.24) is 5.48 Å². The number of hydroxylamine groups is 1. The Morgan fingerprint density at radius 3 is 2.56 bits per heavy atom. The van der Waals surface area contributed by atoms with Crippen molar-refractivity contribution in [1.29, 1.82) is 0 Å². The van der Waals surface area contributed by atoms with E-state index in [4.69, 9.17) is 4.84 Å². The average Bonchev–Trinajstić information content (AvgIpc) is 2.29. The van der Waals surface area contributed by atoms with E-state index >= 15 is 0 Å². The van der Waals surface area contributed by atoms with Crippen molar-refractivity contribution < 1.29 is 14.7 Å². The van der Waals surface area contributed by atoms with Crippen LogP contribution in [0.15, 0.2) is 30.3 Å². The second kappa shape index (κ2) is 6.25. The minimum atomic E-state index is -0.680. The lowest BCUT2D eigenvalue weighted by atomic mass is 10.1. The Balaban J connectivity index is 2.28. The molecule has 4 nitrogen and oxygen atoms in total. The SMILES string of the molecule is C[C@H](O)[C@H](C)C(=O)NOCc1ccccc1. The normalized spacial score (nSPS) is 14.2. The first-order valence-corrected chi connectivity index (χ1v) is 5.25.